The molecule has 0 aliphatic rings. The fraction of sp³-hybridized carbons (Fsp3) is 0.167. The Morgan fingerprint density at radius 2 is 1.71 bits per heavy atom. The van der Waals surface area contributed by atoms with Crippen LogP contribution in [0.5, 0.6) is 0 Å². The normalized spacial score (nSPS) is 12.2. The average molecular weight is 294 g/mol. The van der Waals surface area contributed by atoms with Crippen LogP contribution in [-0.4, -0.2) is 4.98 Å². The van der Waals surface area contributed by atoms with Gasteiger partial charge in [-0.15, -0.1) is 11.3 Å². The number of thiazole rings is 1. The molecular formula is C18H18N2S. The molecule has 0 spiro atoms. The second kappa shape index (κ2) is 6.66. The summed E-state index contributed by atoms with van der Waals surface area (Å²) < 4.78 is 0. The topological polar surface area (TPSA) is 24.9 Å². The van der Waals surface area contributed by atoms with Crippen LogP contribution in [-0.2, 0) is 6.54 Å². The lowest BCUT2D eigenvalue weighted by molar-refractivity contribution is 0.569. The molecule has 1 atom stereocenters. The van der Waals surface area contributed by atoms with E-state index >= 15 is 0 Å². The highest BCUT2D eigenvalue weighted by Crippen LogP contribution is 2.21. The maximum atomic E-state index is 4.29. The van der Waals surface area contributed by atoms with E-state index < -0.39 is 0 Å². The summed E-state index contributed by atoms with van der Waals surface area (Å²) >= 11 is 1.64. The summed E-state index contributed by atoms with van der Waals surface area (Å²) in [5.74, 6) is 0. The third-order valence-corrected chi connectivity index (χ3v) is 4.23. The quantitative estimate of drug-likeness (QED) is 0.740. The van der Waals surface area contributed by atoms with Crippen LogP contribution in [0.15, 0.2) is 65.5 Å². The molecule has 1 heterocycles. The minimum absolute atomic E-state index is 0.316. The van der Waals surface area contributed by atoms with Gasteiger partial charge in [-0.05, 0) is 23.6 Å². The molecular weight excluding hydrogens is 276 g/mol. The van der Waals surface area contributed by atoms with Gasteiger partial charge in [0.2, 0.25) is 0 Å². The van der Waals surface area contributed by atoms with Crippen molar-refractivity contribution in [3.63, 3.8) is 0 Å². The van der Waals surface area contributed by atoms with Crippen LogP contribution in [0, 0.1) is 0 Å². The molecule has 3 aromatic rings. The molecule has 0 amide bonds. The van der Waals surface area contributed by atoms with Crippen molar-refractivity contribution in [1.82, 2.24) is 10.3 Å². The van der Waals surface area contributed by atoms with E-state index in [1.54, 1.807) is 11.3 Å². The highest BCUT2D eigenvalue weighted by molar-refractivity contribution is 7.07. The number of hydrogen-bond acceptors (Lipinski definition) is 3. The zero-order valence-corrected chi connectivity index (χ0v) is 12.8. The molecule has 2 aromatic carbocycles. The molecule has 0 saturated carbocycles. The van der Waals surface area contributed by atoms with Gasteiger partial charge in [0, 0.05) is 18.0 Å². The standard InChI is InChI=1S/C18H18N2S/c1-14(19-11-18-12-21-13-20-18)15-7-9-17(10-8-15)16-5-3-2-4-6-16/h2-10,12-14,19H,11H2,1H3. The molecule has 21 heavy (non-hydrogen) atoms. The first-order valence-electron chi connectivity index (χ1n) is 7.09. The Labute approximate surface area is 129 Å². The molecule has 3 heteroatoms. The van der Waals surface area contributed by atoms with Gasteiger partial charge in [-0.2, -0.15) is 0 Å². The van der Waals surface area contributed by atoms with Crippen LogP contribution >= 0.6 is 11.3 Å². The zero-order valence-electron chi connectivity index (χ0n) is 12.0. The van der Waals surface area contributed by atoms with Gasteiger partial charge in [-0.25, -0.2) is 4.98 Å². The smallest absolute Gasteiger partial charge is 0.0795 e. The predicted molar refractivity (Wildman–Crippen MR) is 89.2 cm³/mol. The Morgan fingerprint density at radius 3 is 2.38 bits per heavy atom. The summed E-state index contributed by atoms with van der Waals surface area (Å²) in [6, 6.07) is 19.5. The SMILES string of the molecule is CC(NCc1cscn1)c1ccc(-c2ccccc2)cc1. The number of nitrogens with zero attached hydrogens (tertiary/aromatic N) is 1. The van der Waals surface area contributed by atoms with Gasteiger partial charge in [0.05, 0.1) is 11.2 Å². The zero-order chi connectivity index (χ0) is 14.5. The van der Waals surface area contributed by atoms with Crippen molar-refractivity contribution in [1.29, 1.82) is 0 Å². The summed E-state index contributed by atoms with van der Waals surface area (Å²) in [7, 11) is 0. The lowest BCUT2D eigenvalue weighted by Gasteiger charge is -2.14. The Kier molecular flexibility index (Phi) is 4.43. The summed E-state index contributed by atoms with van der Waals surface area (Å²) in [5, 5.41) is 5.59. The first-order valence-corrected chi connectivity index (χ1v) is 8.03. The second-order valence-corrected chi connectivity index (χ2v) is 5.79. The van der Waals surface area contributed by atoms with Crippen LogP contribution in [0.1, 0.15) is 24.2 Å². The fourth-order valence-electron chi connectivity index (χ4n) is 2.30. The highest BCUT2D eigenvalue weighted by atomic mass is 32.1. The molecule has 1 N–H and O–H groups in total. The van der Waals surface area contributed by atoms with Crippen molar-refractivity contribution >= 4 is 11.3 Å². The largest absolute Gasteiger partial charge is 0.305 e. The van der Waals surface area contributed by atoms with Crippen molar-refractivity contribution in [3.8, 4) is 11.1 Å². The summed E-state index contributed by atoms with van der Waals surface area (Å²) in [6.45, 7) is 3.00. The number of hydrogen-bond donors (Lipinski definition) is 1. The molecule has 0 aliphatic heterocycles. The number of nitrogens with one attached hydrogen (secondary N) is 1. The predicted octanol–water partition coefficient (Wildman–Crippen LogP) is 4.66. The minimum Gasteiger partial charge on any atom is -0.305 e. The van der Waals surface area contributed by atoms with Crippen LogP contribution in [0.4, 0.5) is 0 Å². The Hall–Kier alpha value is -1.97. The van der Waals surface area contributed by atoms with Gasteiger partial charge >= 0.3 is 0 Å². The van der Waals surface area contributed by atoms with Crippen molar-refractivity contribution < 1.29 is 0 Å². The van der Waals surface area contributed by atoms with Crippen LogP contribution in [0.2, 0.25) is 0 Å². The monoisotopic (exact) mass is 294 g/mol. The van der Waals surface area contributed by atoms with E-state index in [1.165, 1.54) is 16.7 Å². The molecule has 1 aromatic heterocycles. The fourth-order valence-corrected chi connectivity index (χ4v) is 2.85. The van der Waals surface area contributed by atoms with Crippen molar-refractivity contribution in [2.24, 2.45) is 0 Å². The van der Waals surface area contributed by atoms with E-state index in [0.717, 1.165) is 12.2 Å². The van der Waals surface area contributed by atoms with E-state index in [9.17, 15) is 0 Å². The summed E-state index contributed by atoms with van der Waals surface area (Å²) in [6.07, 6.45) is 0. The van der Waals surface area contributed by atoms with Crippen molar-refractivity contribution in [3.05, 3.63) is 76.7 Å². The molecule has 2 nitrogen and oxygen atoms in total. The van der Waals surface area contributed by atoms with Crippen LogP contribution in [0.3, 0.4) is 0 Å². The maximum Gasteiger partial charge on any atom is 0.0795 e. The van der Waals surface area contributed by atoms with Crippen LogP contribution in [0.25, 0.3) is 11.1 Å². The molecule has 0 fully saturated rings. The van der Waals surface area contributed by atoms with E-state index in [2.05, 4.69) is 71.1 Å². The van der Waals surface area contributed by atoms with Gasteiger partial charge in [-0.1, -0.05) is 54.6 Å². The lowest BCUT2D eigenvalue weighted by Crippen LogP contribution is -2.18. The van der Waals surface area contributed by atoms with Crippen molar-refractivity contribution in [2.45, 2.75) is 19.5 Å². The Bertz CT molecular complexity index is 660. The molecule has 0 saturated heterocycles. The molecule has 1 unspecified atom stereocenters. The van der Waals surface area contributed by atoms with E-state index in [1.807, 2.05) is 11.6 Å². The minimum atomic E-state index is 0.316. The summed E-state index contributed by atoms with van der Waals surface area (Å²) in [4.78, 5) is 4.29. The average Bonchev–Trinajstić information content (AvgIpc) is 3.07. The van der Waals surface area contributed by atoms with Gasteiger partial charge in [0.25, 0.3) is 0 Å². The Morgan fingerprint density at radius 1 is 1.00 bits per heavy atom. The number of rotatable bonds is 5. The first-order chi connectivity index (χ1) is 10.3. The van der Waals surface area contributed by atoms with Gasteiger partial charge in [0.1, 0.15) is 0 Å². The van der Waals surface area contributed by atoms with Gasteiger partial charge < -0.3 is 5.32 Å². The van der Waals surface area contributed by atoms with E-state index in [0.29, 0.717) is 6.04 Å². The van der Waals surface area contributed by atoms with E-state index in [4.69, 9.17) is 0 Å². The van der Waals surface area contributed by atoms with E-state index in [-0.39, 0.29) is 0 Å². The molecule has 0 bridgehead atoms. The molecule has 3 rings (SSSR count). The maximum absolute atomic E-state index is 4.29. The third kappa shape index (κ3) is 3.57. The number of benzene rings is 2. The summed E-state index contributed by atoms with van der Waals surface area (Å²) in [5.41, 5.74) is 6.78. The van der Waals surface area contributed by atoms with Gasteiger partial charge in [-0.3, -0.25) is 0 Å². The molecule has 106 valence electrons. The van der Waals surface area contributed by atoms with Crippen LogP contribution < -0.4 is 5.32 Å². The van der Waals surface area contributed by atoms with Crippen molar-refractivity contribution in [2.75, 3.05) is 0 Å². The third-order valence-electron chi connectivity index (χ3n) is 3.59. The second-order valence-electron chi connectivity index (χ2n) is 5.07. The number of aromatic nitrogens is 1. The molecule has 0 radical (unpaired) electrons. The lowest BCUT2D eigenvalue weighted by atomic mass is 10.0. The highest BCUT2D eigenvalue weighted by Gasteiger charge is 2.06. The van der Waals surface area contributed by atoms with Gasteiger partial charge in [0.15, 0.2) is 0 Å². The first kappa shape index (κ1) is 14.0. The Balaban J connectivity index is 1.66. The molecule has 0 aliphatic carbocycles.